The number of aryl methyl sites for hydroxylation is 1. The van der Waals surface area contributed by atoms with Crippen molar-refractivity contribution in [2.75, 3.05) is 0 Å². The van der Waals surface area contributed by atoms with Crippen LogP contribution in [0.4, 0.5) is 0 Å². The standard InChI is InChI=1S/C20H29NSi/c1-13(2)18-11-19(21-12-20(18)22(6,7)8)17-10-9-14(3)15(4)16(17)5/h9-13H,1-8H3/i3D3,13D. The minimum absolute atomic E-state index is 0.388. The zero-order chi connectivity index (χ0) is 20.1. The minimum Gasteiger partial charge on any atom is -0.256 e. The molecule has 1 aromatic carbocycles. The van der Waals surface area contributed by atoms with Gasteiger partial charge in [-0.2, -0.15) is 0 Å². The van der Waals surface area contributed by atoms with Gasteiger partial charge in [-0.15, -0.1) is 0 Å². The number of benzene rings is 1. The quantitative estimate of drug-likeness (QED) is 0.696. The Morgan fingerprint density at radius 3 is 2.36 bits per heavy atom. The first-order valence-corrected chi connectivity index (χ1v) is 11.3. The molecular formula is C20H29NSi. The first-order chi connectivity index (χ1) is 11.6. The molecule has 0 aliphatic heterocycles. The molecule has 2 aromatic rings. The van der Waals surface area contributed by atoms with Gasteiger partial charge >= 0.3 is 0 Å². The van der Waals surface area contributed by atoms with Gasteiger partial charge in [-0.1, -0.05) is 45.6 Å². The minimum atomic E-state index is -2.11. The van der Waals surface area contributed by atoms with Gasteiger partial charge in [0.2, 0.25) is 0 Å². The highest BCUT2D eigenvalue weighted by molar-refractivity contribution is 6.89. The van der Waals surface area contributed by atoms with E-state index >= 15 is 0 Å². The normalized spacial score (nSPS) is 15.8. The molecule has 1 nitrogen and oxygen atoms in total. The monoisotopic (exact) mass is 315 g/mol. The van der Waals surface area contributed by atoms with Crippen LogP contribution in [0.15, 0.2) is 24.4 Å². The largest absolute Gasteiger partial charge is 0.256 e. The lowest BCUT2D eigenvalue weighted by atomic mass is 9.95. The van der Waals surface area contributed by atoms with Gasteiger partial charge in [0.15, 0.2) is 0 Å². The summed E-state index contributed by atoms with van der Waals surface area (Å²) in [5.74, 6) is -0.713. The fourth-order valence-corrected chi connectivity index (χ4v) is 4.29. The van der Waals surface area contributed by atoms with Crippen LogP contribution in [0.2, 0.25) is 19.6 Å². The molecule has 0 amide bonds. The lowest BCUT2D eigenvalue weighted by molar-refractivity contribution is 0.869. The fourth-order valence-electron chi connectivity index (χ4n) is 2.71. The third kappa shape index (κ3) is 3.17. The van der Waals surface area contributed by atoms with Crippen molar-refractivity contribution in [3.63, 3.8) is 0 Å². The SMILES string of the molecule is [2H]C([2H])([2H])c1ccc(-c2cc(C([2H])(C)C)c([Si](C)(C)C)cn2)c(C)c1C. The van der Waals surface area contributed by atoms with Gasteiger partial charge in [-0.3, -0.25) is 4.98 Å². The molecule has 0 bridgehead atoms. The number of nitrogens with zero attached hydrogens (tertiary/aromatic N) is 1. The Morgan fingerprint density at radius 2 is 1.82 bits per heavy atom. The van der Waals surface area contributed by atoms with Crippen LogP contribution in [0.3, 0.4) is 0 Å². The van der Waals surface area contributed by atoms with E-state index in [1.807, 2.05) is 46.0 Å². The summed E-state index contributed by atoms with van der Waals surface area (Å²) >= 11 is 0. The summed E-state index contributed by atoms with van der Waals surface area (Å²) in [6, 6.07) is 5.56. The third-order valence-corrected chi connectivity index (χ3v) is 6.33. The molecule has 0 saturated heterocycles. The molecular weight excluding hydrogens is 282 g/mol. The van der Waals surface area contributed by atoms with Gasteiger partial charge in [-0.05, 0) is 60.1 Å². The third-order valence-electron chi connectivity index (χ3n) is 4.31. The maximum absolute atomic E-state index is 8.58. The van der Waals surface area contributed by atoms with Gasteiger partial charge in [0.05, 0.1) is 13.8 Å². The van der Waals surface area contributed by atoms with E-state index in [0.717, 1.165) is 27.9 Å². The predicted octanol–water partition coefficient (Wildman–Crippen LogP) is 5.34. The Hall–Kier alpha value is -1.41. The summed E-state index contributed by atoms with van der Waals surface area (Å²) in [7, 11) is -1.63. The summed E-state index contributed by atoms with van der Waals surface area (Å²) in [5, 5.41) is 1.20. The Morgan fingerprint density at radius 1 is 1.14 bits per heavy atom. The highest BCUT2D eigenvalue weighted by Crippen LogP contribution is 2.28. The van der Waals surface area contributed by atoms with Crippen molar-refractivity contribution < 1.29 is 5.48 Å². The second kappa shape index (κ2) is 6.00. The average Bonchev–Trinajstić information content (AvgIpc) is 2.46. The molecule has 0 atom stereocenters. The lowest BCUT2D eigenvalue weighted by Gasteiger charge is -2.23. The Labute approximate surface area is 142 Å². The van der Waals surface area contributed by atoms with E-state index in [2.05, 4.69) is 19.6 Å². The number of hydrogen-bond acceptors (Lipinski definition) is 1. The van der Waals surface area contributed by atoms with Crippen molar-refractivity contribution >= 4 is 13.3 Å². The Bertz CT molecular complexity index is 827. The number of rotatable bonds is 3. The molecule has 0 unspecified atom stereocenters. The summed E-state index contributed by atoms with van der Waals surface area (Å²) < 4.78 is 31.7. The van der Waals surface area contributed by atoms with E-state index < -0.39 is 20.8 Å². The first-order valence-electron chi connectivity index (χ1n) is 9.76. The zero-order valence-electron chi connectivity index (χ0n) is 18.8. The van der Waals surface area contributed by atoms with Crippen molar-refractivity contribution in [2.24, 2.45) is 0 Å². The predicted molar refractivity (Wildman–Crippen MR) is 101 cm³/mol. The van der Waals surface area contributed by atoms with Crippen LogP contribution in [0.5, 0.6) is 0 Å². The molecule has 1 aromatic heterocycles. The topological polar surface area (TPSA) is 12.9 Å². The Kier molecular flexibility index (Phi) is 3.29. The molecule has 118 valence electrons. The molecule has 0 saturated carbocycles. The van der Waals surface area contributed by atoms with Crippen molar-refractivity contribution in [1.82, 2.24) is 4.98 Å². The van der Waals surface area contributed by atoms with Crippen LogP contribution in [0.25, 0.3) is 11.3 Å². The van der Waals surface area contributed by atoms with Crippen LogP contribution >= 0.6 is 0 Å². The van der Waals surface area contributed by atoms with E-state index in [4.69, 9.17) is 10.5 Å². The van der Waals surface area contributed by atoms with Gasteiger partial charge in [-0.25, -0.2) is 0 Å². The first kappa shape index (κ1) is 12.1. The molecule has 0 aliphatic rings. The number of hydrogen-bond donors (Lipinski definition) is 0. The van der Waals surface area contributed by atoms with Crippen LogP contribution < -0.4 is 5.19 Å². The van der Waals surface area contributed by atoms with Crippen LogP contribution in [0.1, 0.15) is 47.5 Å². The van der Waals surface area contributed by atoms with Gasteiger partial charge in [0, 0.05) is 17.2 Å². The summed E-state index contributed by atoms with van der Waals surface area (Å²) in [5.41, 5.74) is 4.85. The van der Waals surface area contributed by atoms with Gasteiger partial charge < -0.3 is 0 Å². The average molecular weight is 316 g/mol. The van der Waals surface area contributed by atoms with Crippen molar-refractivity contribution in [3.8, 4) is 11.3 Å². The lowest BCUT2D eigenvalue weighted by Crippen LogP contribution is -2.40. The van der Waals surface area contributed by atoms with Crippen molar-refractivity contribution in [1.29, 1.82) is 0 Å². The summed E-state index contributed by atoms with van der Waals surface area (Å²) in [4.78, 5) is 4.69. The highest BCUT2D eigenvalue weighted by Gasteiger charge is 2.23. The zero-order valence-corrected chi connectivity index (χ0v) is 15.8. The second-order valence-electron chi connectivity index (χ2n) is 7.28. The van der Waals surface area contributed by atoms with Crippen LogP contribution in [-0.4, -0.2) is 13.1 Å². The maximum atomic E-state index is 8.58. The second-order valence-corrected chi connectivity index (χ2v) is 12.3. The maximum Gasteiger partial charge on any atom is 0.0799 e. The molecule has 2 rings (SSSR count). The molecule has 0 spiro atoms. The molecule has 2 heteroatoms. The molecule has 0 aliphatic carbocycles. The number of aromatic nitrogens is 1. The van der Waals surface area contributed by atoms with Gasteiger partial charge in [0.1, 0.15) is 0 Å². The highest BCUT2D eigenvalue weighted by atomic mass is 28.3. The number of pyridine rings is 1. The van der Waals surface area contributed by atoms with Gasteiger partial charge in [0.25, 0.3) is 0 Å². The molecule has 0 N–H and O–H groups in total. The van der Waals surface area contributed by atoms with Crippen molar-refractivity contribution in [2.45, 2.75) is 60.1 Å². The van der Waals surface area contributed by atoms with Crippen LogP contribution in [0, 0.1) is 20.7 Å². The van der Waals surface area contributed by atoms with E-state index in [-0.39, 0.29) is 0 Å². The smallest absolute Gasteiger partial charge is 0.0799 e. The van der Waals surface area contributed by atoms with E-state index in [9.17, 15) is 0 Å². The van der Waals surface area contributed by atoms with E-state index in [1.165, 1.54) is 5.19 Å². The molecule has 0 fully saturated rings. The molecule has 1 heterocycles. The molecule has 0 radical (unpaired) electrons. The Balaban J connectivity index is 2.70. The van der Waals surface area contributed by atoms with E-state index in [0.29, 0.717) is 5.56 Å². The summed E-state index contributed by atoms with van der Waals surface area (Å²) in [6.45, 7) is 12.3. The van der Waals surface area contributed by atoms with E-state index in [1.54, 1.807) is 6.07 Å². The molecule has 22 heavy (non-hydrogen) atoms. The van der Waals surface area contributed by atoms with Crippen LogP contribution in [-0.2, 0) is 0 Å². The van der Waals surface area contributed by atoms with Crippen molar-refractivity contribution in [3.05, 3.63) is 46.6 Å². The summed E-state index contributed by atoms with van der Waals surface area (Å²) in [6.07, 6.45) is 1.93. The fraction of sp³-hybridized carbons (Fsp3) is 0.450.